The third-order valence-corrected chi connectivity index (χ3v) is 7.42. The second-order valence-electron chi connectivity index (χ2n) is 10.2. The Hall–Kier alpha value is -2.28. The molecule has 2 aromatic rings. The van der Waals surface area contributed by atoms with Crippen LogP contribution in [0.5, 0.6) is 5.75 Å². The van der Waals surface area contributed by atoms with Crippen molar-refractivity contribution in [1.82, 2.24) is 0 Å². The Morgan fingerprint density at radius 2 is 1.79 bits per heavy atom. The molecule has 1 saturated carbocycles. The molecular formula is C26H30ClF4NO2. The van der Waals surface area contributed by atoms with E-state index in [1.165, 1.54) is 37.4 Å². The number of benzene rings is 2. The molecule has 0 aliphatic heterocycles. The number of alkyl halides is 3. The van der Waals surface area contributed by atoms with Crippen LogP contribution in [0.25, 0.3) is 0 Å². The Morgan fingerprint density at radius 3 is 2.32 bits per heavy atom. The number of ether oxygens (including phenoxy) is 1. The van der Waals surface area contributed by atoms with E-state index in [0.717, 1.165) is 25.3 Å². The minimum atomic E-state index is -4.65. The fraction of sp³-hybridized carbons (Fsp3) is 0.500. The number of rotatable bonds is 7. The van der Waals surface area contributed by atoms with Gasteiger partial charge in [0.25, 0.3) is 0 Å². The van der Waals surface area contributed by atoms with Gasteiger partial charge in [0, 0.05) is 0 Å². The third kappa shape index (κ3) is 5.51. The molecule has 0 heterocycles. The first kappa shape index (κ1) is 26.3. The zero-order valence-electron chi connectivity index (χ0n) is 19.9. The average molecular weight is 500 g/mol. The van der Waals surface area contributed by atoms with E-state index >= 15 is 0 Å². The van der Waals surface area contributed by atoms with Crippen LogP contribution in [0.1, 0.15) is 57.6 Å². The standard InChI is InChI=1S/C26H30ClF4NO2/c1-15(26(29,30)31)22(17-7-8-18(27)21(13-17)34-5)23(33)32-20-12-16(6-9-19(20)28)14-25(10-11-25)24(2,3)4/h6-9,12-13,15,22H,10-11,14H2,1-5H3,(H,32,33)/t15-,22+/m1/s1. The van der Waals surface area contributed by atoms with Crippen molar-refractivity contribution in [2.75, 3.05) is 12.4 Å². The summed E-state index contributed by atoms with van der Waals surface area (Å²) in [6.45, 7) is 7.42. The van der Waals surface area contributed by atoms with Gasteiger partial charge >= 0.3 is 6.18 Å². The summed E-state index contributed by atoms with van der Waals surface area (Å²) in [6, 6.07) is 8.47. The van der Waals surface area contributed by atoms with Crippen LogP contribution in [0.15, 0.2) is 36.4 Å². The maximum absolute atomic E-state index is 14.6. The second kappa shape index (κ2) is 9.40. The van der Waals surface area contributed by atoms with Gasteiger partial charge in [0.1, 0.15) is 11.6 Å². The van der Waals surface area contributed by atoms with Gasteiger partial charge in [-0.25, -0.2) is 4.39 Å². The van der Waals surface area contributed by atoms with Gasteiger partial charge < -0.3 is 10.1 Å². The summed E-state index contributed by atoms with van der Waals surface area (Å²) in [6.07, 6.45) is -1.84. The highest BCUT2D eigenvalue weighted by molar-refractivity contribution is 6.32. The lowest BCUT2D eigenvalue weighted by atomic mass is 9.74. The molecule has 2 atom stereocenters. The average Bonchev–Trinajstić information content (AvgIpc) is 3.52. The van der Waals surface area contributed by atoms with E-state index < -0.39 is 29.7 Å². The number of hydrogen-bond acceptors (Lipinski definition) is 2. The summed E-state index contributed by atoms with van der Waals surface area (Å²) in [5.74, 6) is -5.16. The third-order valence-electron chi connectivity index (χ3n) is 7.11. The fourth-order valence-electron chi connectivity index (χ4n) is 4.45. The van der Waals surface area contributed by atoms with Crippen molar-refractivity contribution >= 4 is 23.2 Å². The molecule has 0 spiro atoms. The van der Waals surface area contributed by atoms with Crippen molar-refractivity contribution in [1.29, 1.82) is 0 Å². The van der Waals surface area contributed by atoms with Crippen molar-refractivity contribution in [2.45, 2.75) is 59.1 Å². The molecule has 3 rings (SSSR count). The van der Waals surface area contributed by atoms with Gasteiger partial charge in [-0.2, -0.15) is 13.2 Å². The Labute approximate surface area is 202 Å². The number of carbonyl (C=O) groups is 1. The van der Waals surface area contributed by atoms with Gasteiger partial charge in [-0.15, -0.1) is 0 Å². The molecule has 0 saturated heterocycles. The first-order valence-corrected chi connectivity index (χ1v) is 11.6. The topological polar surface area (TPSA) is 38.3 Å². The second-order valence-corrected chi connectivity index (χ2v) is 10.6. The lowest BCUT2D eigenvalue weighted by molar-refractivity contribution is -0.178. The number of methoxy groups -OCH3 is 1. The molecule has 1 aliphatic rings. The molecule has 1 amide bonds. The minimum Gasteiger partial charge on any atom is -0.495 e. The minimum absolute atomic E-state index is 0.0612. The molecule has 0 radical (unpaired) electrons. The first-order chi connectivity index (χ1) is 15.7. The van der Waals surface area contributed by atoms with Crippen molar-refractivity contribution in [3.8, 4) is 5.75 Å². The van der Waals surface area contributed by atoms with Crippen LogP contribution in [0.3, 0.4) is 0 Å². The molecule has 0 unspecified atom stereocenters. The van der Waals surface area contributed by atoms with E-state index in [1.807, 2.05) is 0 Å². The molecule has 3 nitrogen and oxygen atoms in total. The predicted molar refractivity (Wildman–Crippen MR) is 126 cm³/mol. The zero-order chi connectivity index (χ0) is 25.5. The number of hydrogen-bond donors (Lipinski definition) is 1. The normalized spacial score (nSPS) is 17.1. The van der Waals surface area contributed by atoms with E-state index in [4.69, 9.17) is 16.3 Å². The number of halogens is 5. The SMILES string of the molecule is COc1cc([C@@H](C(=O)Nc2cc(CC3(C(C)(C)C)CC3)ccc2F)[C@@H](C)C(F)(F)F)ccc1Cl. The van der Waals surface area contributed by atoms with Gasteiger partial charge in [-0.1, -0.05) is 51.4 Å². The van der Waals surface area contributed by atoms with Crippen molar-refractivity contribution in [2.24, 2.45) is 16.7 Å². The maximum Gasteiger partial charge on any atom is 0.392 e. The molecule has 186 valence electrons. The van der Waals surface area contributed by atoms with E-state index in [0.29, 0.717) is 6.42 Å². The van der Waals surface area contributed by atoms with Crippen LogP contribution in [0, 0.1) is 22.6 Å². The van der Waals surface area contributed by atoms with Gasteiger partial charge in [-0.3, -0.25) is 4.79 Å². The Bertz CT molecular complexity index is 1060. The smallest absolute Gasteiger partial charge is 0.392 e. The van der Waals surface area contributed by atoms with Crippen molar-refractivity contribution in [3.63, 3.8) is 0 Å². The quantitative estimate of drug-likeness (QED) is 0.395. The van der Waals surface area contributed by atoms with Crippen LogP contribution in [0.2, 0.25) is 5.02 Å². The van der Waals surface area contributed by atoms with Gasteiger partial charge in [0.2, 0.25) is 5.91 Å². The molecule has 0 bridgehead atoms. The van der Waals surface area contributed by atoms with E-state index in [9.17, 15) is 22.4 Å². The summed E-state index contributed by atoms with van der Waals surface area (Å²) < 4.78 is 60.8. The lowest BCUT2D eigenvalue weighted by Crippen LogP contribution is -2.34. The summed E-state index contributed by atoms with van der Waals surface area (Å²) >= 11 is 6.01. The molecule has 2 aromatic carbocycles. The van der Waals surface area contributed by atoms with Gasteiger partial charge in [0.15, 0.2) is 0 Å². The highest BCUT2D eigenvalue weighted by Crippen LogP contribution is 2.60. The maximum atomic E-state index is 14.6. The molecule has 0 aromatic heterocycles. The molecular weight excluding hydrogens is 470 g/mol. The van der Waals surface area contributed by atoms with E-state index in [2.05, 4.69) is 26.1 Å². The number of nitrogens with one attached hydrogen (secondary N) is 1. The highest BCUT2D eigenvalue weighted by Gasteiger charge is 2.51. The summed E-state index contributed by atoms with van der Waals surface area (Å²) in [4.78, 5) is 13.2. The first-order valence-electron chi connectivity index (χ1n) is 11.2. The van der Waals surface area contributed by atoms with Crippen LogP contribution in [-0.4, -0.2) is 19.2 Å². The van der Waals surface area contributed by atoms with Crippen LogP contribution in [-0.2, 0) is 11.2 Å². The van der Waals surface area contributed by atoms with Crippen LogP contribution < -0.4 is 10.1 Å². The van der Waals surface area contributed by atoms with E-state index in [-0.39, 0.29) is 32.9 Å². The predicted octanol–water partition coefficient (Wildman–Crippen LogP) is 7.78. The molecule has 34 heavy (non-hydrogen) atoms. The molecule has 1 fully saturated rings. The fourth-order valence-corrected chi connectivity index (χ4v) is 4.64. The zero-order valence-corrected chi connectivity index (χ0v) is 20.7. The Morgan fingerprint density at radius 1 is 1.15 bits per heavy atom. The van der Waals surface area contributed by atoms with Crippen molar-refractivity contribution < 1.29 is 27.1 Å². The lowest BCUT2D eigenvalue weighted by Gasteiger charge is -2.31. The Balaban J connectivity index is 1.92. The van der Waals surface area contributed by atoms with Crippen molar-refractivity contribution in [3.05, 3.63) is 58.4 Å². The molecule has 8 heteroatoms. The van der Waals surface area contributed by atoms with Crippen LogP contribution >= 0.6 is 11.6 Å². The summed E-state index contributed by atoms with van der Waals surface area (Å²) in [7, 11) is 1.33. The number of anilines is 1. The summed E-state index contributed by atoms with van der Waals surface area (Å²) in [5.41, 5.74) is 0.931. The van der Waals surface area contributed by atoms with Gasteiger partial charge in [-0.05, 0) is 65.5 Å². The molecule has 1 aliphatic carbocycles. The highest BCUT2D eigenvalue weighted by atomic mass is 35.5. The number of amides is 1. The molecule has 1 N–H and O–H groups in total. The summed E-state index contributed by atoms with van der Waals surface area (Å²) in [5, 5.41) is 2.62. The van der Waals surface area contributed by atoms with Crippen LogP contribution in [0.4, 0.5) is 23.2 Å². The van der Waals surface area contributed by atoms with Gasteiger partial charge in [0.05, 0.1) is 29.7 Å². The largest absolute Gasteiger partial charge is 0.495 e. The van der Waals surface area contributed by atoms with E-state index in [1.54, 1.807) is 6.07 Å². The number of carbonyl (C=O) groups excluding carboxylic acids is 1. The monoisotopic (exact) mass is 499 g/mol. The Kier molecular flexibility index (Phi) is 7.28.